The first-order valence-corrected chi connectivity index (χ1v) is 7.63. The number of benzene rings is 1. The van der Waals surface area contributed by atoms with Crippen LogP contribution in [0, 0.1) is 5.82 Å². The Hall–Kier alpha value is -1.18. The summed E-state index contributed by atoms with van der Waals surface area (Å²) in [6.45, 7) is 0. The van der Waals surface area contributed by atoms with Crippen molar-refractivity contribution in [3.05, 3.63) is 52.0 Å². The fourth-order valence-electron chi connectivity index (χ4n) is 1.34. The molecule has 1 aromatic carbocycles. The summed E-state index contributed by atoms with van der Waals surface area (Å²) >= 11 is 8.62. The van der Waals surface area contributed by atoms with E-state index in [9.17, 15) is 12.8 Å². The van der Waals surface area contributed by atoms with Crippen LogP contribution in [0.4, 0.5) is 10.1 Å². The van der Waals surface area contributed by atoms with Crippen LogP contribution in [0.15, 0.2) is 45.9 Å². The first kappa shape index (κ1) is 14.2. The molecule has 8 heteroatoms. The van der Waals surface area contributed by atoms with E-state index in [-0.39, 0.29) is 20.2 Å². The molecule has 1 N–H and O–H groups in total. The van der Waals surface area contributed by atoms with Crippen LogP contribution in [0.25, 0.3) is 0 Å². The van der Waals surface area contributed by atoms with E-state index in [0.717, 1.165) is 12.1 Å². The highest BCUT2D eigenvalue weighted by Gasteiger charge is 2.18. The van der Waals surface area contributed by atoms with E-state index in [0.29, 0.717) is 0 Å². The van der Waals surface area contributed by atoms with Crippen molar-refractivity contribution in [2.24, 2.45) is 0 Å². The van der Waals surface area contributed by atoms with Gasteiger partial charge < -0.3 is 0 Å². The molecule has 0 spiro atoms. The zero-order chi connectivity index (χ0) is 14.0. The van der Waals surface area contributed by atoms with Gasteiger partial charge in [-0.05, 0) is 46.3 Å². The Balaban J connectivity index is 2.35. The van der Waals surface area contributed by atoms with E-state index in [1.165, 1.54) is 24.4 Å². The first-order chi connectivity index (χ1) is 8.88. The molecule has 0 amide bonds. The summed E-state index contributed by atoms with van der Waals surface area (Å²) in [5.74, 6) is -0.529. The highest BCUT2D eigenvalue weighted by molar-refractivity contribution is 9.10. The van der Waals surface area contributed by atoms with Crippen LogP contribution < -0.4 is 4.72 Å². The van der Waals surface area contributed by atoms with Gasteiger partial charge in [0.25, 0.3) is 10.0 Å². The van der Waals surface area contributed by atoms with Gasteiger partial charge >= 0.3 is 0 Å². The summed E-state index contributed by atoms with van der Waals surface area (Å²) in [6, 6.07) is 6.25. The maximum Gasteiger partial charge on any atom is 0.263 e. The molecule has 4 nitrogen and oxygen atoms in total. The molecule has 2 aromatic rings. The summed E-state index contributed by atoms with van der Waals surface area (Å²) in [7, 11) is -3.82. The van der Waals surface area contributed by atoms with E-state index in [2.05, 4.69) is 25.6 Å². The summed E-state index contributed by atoms with van der Waals surface area (Å²) in [6.07, 6.45) is 1.29. The van der Waals surface area contributed by atoms with Crippen LogP contribution in [0.1, 0.15) is 0 Å². The largest absolute Gasteiger partial charge is 0.278 e. The van der Waals surface area contributed by atoms with Crippen LogP contribution >= 0.6 is 27.5 Å². The van der Waals surface area contributed by atoms with Crippen molar-refractivity contribution in [1.82, 2.24) is 4.98 Å². The number of nitrogens with zero attached hydrogens (tertiary/aromatic N) is 1. The Bertz CT molecular complexity index is 707. The molecule has 100 valence electrons. The standard InChI is InChI=1S/C11H7BrClFN2O2S/c12-9-5-7(14)1-3-10(9)19(17,18)16-8-2-4-11(13)15-6-8/h1-6,16H. The molecule has 0 aliphatic rings. The molecule has 0 aliphatic heterocycles. The fourth-order valence-corrected chi connectivity index (χ4v) is 3.55. The molecule has 0 radical (unpaired) electrons. The normalized spacial score (nSPS) is 11.3. The second-order valence-electron chi connectivity index (χ2n) is 3.55. The second kappa shape index (κ2) is 5.44. The van der Waals surface area contributed by atoms with E-state index in [1.807, 2.05) is 0 Å². The minimum absolute atomic E-state index is 0.0659. The Kier molecular flexibility index (Phi) is 4.07. The van der Waals surface area contributed by atoms with E-state index < -0.39 is 15.8 Å². The van der Waals surface area contributed by atoms with Gasteiger partial charge in [-0.3, -0.25) is 4.72 Å². The van der Waals surface area contributed by atoms with Crippen molar-refractivity contribution in [1.29, 1.82) is 0 Å². The molecule has 2 rings (SSSR count). The third kappa shape index (κ3) is 3.43. The lowest BCUT2D eigenvalue weighted by Gasteiger charge is -2.09. The Morgan fingerprint density at radius 1 is 1.26 bits per heavy atom. The monoisotopic (exact) mass is 364 g/mol. The highest BCUT2D eigenvalue weighted by Crippen LogP contribution is 2.25. The summed E-state index contributed by atoms with van der Waals surface area (Å²) < 4.78 is 39.6. The van der Waals surface area contributed by atoms with Gasteiger partial charge in [0.2, 0.25) is 0 Å². The lowest BCUT2D eigenvalue weighted by molar-refractivity contribution is 0.599. The molecule has 1 aromatic heterocycles. The van der Waals surface area contributed by atoms with Gasteiger partial charge in [-0.25, -0.2) is 17.8 Å². The van der Waals surface area contributed by atoms with Gasteiger partial charge in [0.05, 0.1) is 11.9 Å². The minimum atomic E-state index is -3.82. The number of pyridine rings is 1. The Morgan fingerprint density at radius 2 is 2.00 bits per heavy atom. The third-order valence-electron chi connectivity index (χ3n) is 2.16. The van der Waals surface area contributed by atoms with Crippen LogP contribution in [-0.2, 0) is 10.0 Å². The van der Waals surface area contributed by atoms with Crippen LogP contribution in [0.3, 0.4) is 0 Å². The van der Waals surface area contributed by atoms with Crippen LogP contribution in [0.2, 0.25) is 5.15 Å². The molecule has 1 heterocycles. The van der Waals surface area contributed by atoms with Gasteiger partial charge in [0.1, 0.15) is 15.9 Å². The van der Waals surface area contributed by atoms with Crippen molar-refractivity contribution in [3.8, 4) is 0 Å². The molecule has 0 bridgehead atoms. The van der Waals surface area contributed by atoms with Gasteiger partial charge in [-0.2, -0.15) is 0 Å². The number of hydrogen-bond donors (Lipinski definition) is 1. The molecule has 19 heavy (non-hydrogen) atoms. The average Bonchev–Trinajstić information content (AvgIpc) is 2.31. The predicted molar refractivity (Wildman–Crippen MR) is 74.2 cm³/mol. The molecule has 0 fully saturated rings. The SMILES string of the molecule is O=S(=O)(Nc1ccc(Cl)nc1)c1ccc(F)cc1Br. The zero-order valence-corrected chi connectivity index (χ0v) is 12.4. The maximum atomic E-state index is 12.9. The third-order valence-corrected chi connectivity index (χ3v) is 4.74. The maximum absolute atomic E-state index is 12.9. The van der Waals surface area contributed by atoms with Gasteiger partial charge in [0.15, 0.2) is 0 Å². The van der Waals surface area contributed by atoms with Crippen molar-refractivity contribution < 1.29 is 12.8 Å². The average molecular weight is 366 g/mol. The highest BCUT2D eigenvalue weighted by atomic mass is 79.9. The molecule has 0 unspecified atom stereocenters. The predicted octanol–water partition coefficient (Wildman–Crippen LogP) is 3.44. The van der Waals surface area contributed by atoms with Crippen molar-refractivity contribution in [2.75, 3.05) is 4.72 Å². The number of aromatic nitrogens is 1. The second-order valence-corrected chi connectivity index (χ2v) is 6.44. The number of nitrogens with one attached hydrogen (secondary N) is 1. The topological polar surface area (TPSA) is 59.1 Å². The smallest absolute Gasteiger partial charge is 0.263 e. The molecular formula is C11H7BrClFN2O2S. The first-order valence-electron chi connectivity index (χ1n) is 4.98. The molecule has 0 atom stereocenters. The Labute approximate surface area is 122 Å². The Morgan fingerprint density at radius 3 is 2.58 bits per heavy atom. The van der Waals surface area contributed by atoms with Crippen molar-refractivity contribution >= 4 is 43.2 Å². The fraction of sp³-hybridized carbons (Fsp3) is 0. The summed E-state index contributed by atoms with van der Waals surface area (Å²) in [5.41, 5.74) is 0.264. The lowest BCUT2D eigenvalue weighted by Crippen LogP contribution is -2.13. The minimum Gasteiger partial charge on any atom is -0.278 e. The number of anilines is 1. The number of rotatable bonds is 3. The van der Waals surface area contributed by atoms with Crippen molar-refractivity contribution in [2.45, 2.75) is 4.90 Å². The zero-order valence-electron chi connectivity index (χ0n) is 9.27. The molecular weight excluding hydrogens is 359 g/mol. The molecule has 0 saturated carbocycles. The molecule has 0 aliphatic carbocycles. The van der Waals surface area contributed by atoms with E-state index >= 15 is 0 Å². The number of hydrogen-bond acceptors (Lipinski definition) is 3. The van der Waals surface area contributed by atoms with E-state index in [4.69, 9.17) is 11.6 Å². The van der Waals surface area contributed by atoms with Gasteiger partial charge in [-0.1, -0.05) is 11.6 Å². The number of sulfonamides is 1. The number of halogens is 3. The summed E-state index contributed by atoms with van der Waals surface area (Å²) in [4.78, 5) is 3.69. The van der Waals surface area contributed by atoms with Crippen LogP contribution in [0.5, 0.6) is 0 Å². The van der Waals surface area contributed by atoms with Gasteiger partial charge in [-0.15, -0.1) is 0 Å². The van der Waals surface area contributed by atoms with Gasteiger partial charge in [0, 0.05) is 4.47 Å². The van der Waals surface area contributed by atoms with E-state index in [1.54, 1.807) is 0 Å². The lowest BCUT2D eigenvalue weighted by atomic mass is 10.3. The summed E-state index contributed by atoms with van der Waals surface area (Å²) in [5, 5.41) is 0.255. The van der Waals surface area contributed by atoms with Crippen LogP contribution in [-0.4, -0.2) is 13.4 Å². The quantitative estimate of drug-likeness (QED) is 0.848. The molecule has 0 saturated heterocycles. The van der Waals surface area contributed by atoms with Crippen molar-refractivity contribution in [3.63, 3.8) is 0 Å².